The van der Waals surface area contributed by atoms with Crippen LogP contribution >= 0.6 is 0 Å². The van der Waals surface area contributed by atoms with Gasteiger partial charge in [-0.05, 0) is 25.0 Å². The second-order valence-corrected chi connectivity index (χ2v) is 5.77. The fraction of sp³-hybridized carbons (Fsp3) is 0.588. The maximum Gasteiger partial charge on any atom is 0.191 e. The number of benzene rings is 1. The summed E-state index contributed by atoms with van der Waals surface area (Å²) >= 11 is 0. The van der Waals surface area contributed by atoms with Crippen molar-refractivity contribution in [2.75, 3.05) is 33.4 Å². The molecule has 2 N–H and O–H groups in total. The Morgan fingerprint density at radius 1 is 1.27 bits per heavy atom. The van der Waals surface area contributed by atoms with Gasteiger partial charge >= 0.3 is 0 Å². The molecule has 0 amide bonds. The first kappa shape index (κ1) is 18.4. The van der Waals surface area contributed by atoms with E-state index in [0.29, 0.717) is 12.1 Å². The lowest BCUT2D eigenvalue weighted by Crippen LogP contribution is -2.44. The predicted molar refractivity (Wildman–Crippen MR) is 89.9 cm³/mol. The van der Waals surface area contributed by atoms with Crippen molar-refractivity contribution in [2.24, 2.45) is 4.99 Å². The first-order valence-corrected chi connectivity index (χ1v) is 7.78. The van der Waals surface area contributed by atoms with Crippen LogP contribution in [0, 0.1) is 5.82 Å². The molecule has 0 aliphatic carbocycles. The number of rotatable bonds is 8. The molecule has 0 aliphatic heterocycles. The molecule has 4 nitrogen and oxygen atoms in total. The number of guanidine groups is 1. The first-order chi connectivity index (χ1) is 10.5. The van der Waals surface area contributed by atoms with E-state index in [-0.39, 0.29) is 11.2 Å². The van der Waals surface area contributed by atoms with Crippen molar-refractivity contribution >= 4 is 5.96 Å². The van der Waals surface area contributed by atoms with Crippen LogP contribution in [0.1, 0.15) is 32.8 Å². The summed E-state index contributed by atoms with van der Waals surface area (Å²) in [6, 6.07) is 6.90. The van der Waals surface area contributed by atoms with E-state index in [1.54, 1.807) is 13.1 Å². The van der Waals surface area contributed by atoms with Gasteiger partial charge in [0.05, 0.1) is 0 Å². The number of halogens is 1. The molecule has 0 aromatic heterocycles. The Morgan fingerprint density at radius 2 is 2.00 bits per heavy atom. The topological polar surface area (TPSA) is 45.6 Å². The van der Waals surface area contributed by atoms with Crippen LogP contribution < -0.4 is 10.6 Å². The third-order valence-electron chi connectivity index (χ3n) is 3.49. The van der Waals surface area contributed by atoms with Crippen molar-refractivity contribution in [1.29, 1.82) is 0 Å². The van der Waals surface area contributed by atoms with Crippen molar-refractivity contribution in [3.63, 3.8) is 0 Å². The molecule has 1 aromatic carbocycles. The van der Waals surface area contributed by atoms with Gasteiger partial charge in [-0.2, -0.15) is 0 Å². The molecule has 0 atom stereocenters. The molecule has 0 bridgehead atoms. The molecule has 1 aromatic rings. The van der Waals surface area contributed by atoms with Crippen LogP contribution in [-0.4, -0.2) is 39.3 Å². The number of ether oxygens (including phenoxy) is 1. The summed E-state index contributed by atoms with van der Waals surface area (Å²) in [5.74, 6) is 0.551. The molecular weight excluding hydrogens is 281 g/mol. The molecule has 0 radical (unpaired) electrons. The normalized spacial score (nSPS) is 12.3. The van der Waals surface area contributed by atoms with Crippen LogP contribution in [0.15, 0.2) is 29.3 Å². The second-order valence-electron chi connectivity index (χ2n) is 5.77. The van der Waals surface area contributed by atoms with Crippen molar-refractivity contribution < 1.29 is 9.13 Å². The lowest BCUT2D eigenvalue weighted by atomic mass is 9.84. The van der Waals surface area contributed by atoms with Gasteiger partial charge in [-0.15, -0.1) is 0 Å². The number of nitrogens with one attached hydrogen (secondary N) is 2. The van der Waals surface area contributed by atoms with Crippen molar-refractivity contribution in [2.45, 2.75) is 32.6 Å². The maximum atomic E-state index is 13.9. The summed E-state index contributed by atoms with van der Waals surface area (Å²) in [4.78, 5) is 4.18. The molecule has 124 valence electrons. The molecule has 0 fully saturated rings. The largest absolute Gasteiger partial charge is 0.382 e. The Morgan fingerprint density at radius 3 is 2.64 bits per heavy atom. The Kier molecular flexibility index (Phi) is 7.88. The van der Waals surface area contributed by atoms with Crippen molar-refractivity contribution in [3.05, 3.63) is 35.6 Å². The predicted octanol–water partition coefficient (Wildman–Crippen LogP) is 2.69. The summed E-state index contributed by atoms with van der Waals surface area (Å²) < 4.78 is 19.2. The molecule has 5 heteroatoms. The lowest BCUT2D eigenvalue weighted by Gasteiger charge is -2.27. The fourth-order valence-electron chi connectivity index (χ4n) is 2.16. The minimum Gasteiger partial charge on any atom is -0.382 e. The Balaban J connectivity index is 2.47. The van der Waals surface area contributed by atoms with E-state index in [0.717, 1.165) is 32.1 Å². The zero-order valence-corrected chi connectivity index (χ0v) is 14.1. The zero-order chi connectivity index (χ0) is 16.4. The smallest absolute Gasteiger partial charge is 0.191 e. The van der Waals surface area contributed by atoms with Crippen LogP contribution in [0.3, 0.4) is 0 Å². The van der Waals surface area contributed by atoms with E-state index in [4.69, 9.17) is 4.74 Å². The Labute approximate surface area is 133 Å². The van der Waals surface area contributed by atoms with Crippen molar-refractivity contribution in [3.8, 4) is 0 Å². The van der Waals surface area contributed by atoms with Crippen LogP contribution in [0.4, 0.5) is 4.39 Å². The molecule has 0 unspecified atom stereocenters. The summed E-state index contributed by atoms with van der Waals surface area (Å²) in [5.41, 5.74) is 0.378. The standard InChI is InChI=1S/C17H28FN3O/c1-5-22-12-8-11-20-16(19-4)21-13-17(2,3)14-9-6-7-10-15(14)18/h6-7,9-10H,5,8,11-13H2,1-4H3,(H2,19,20,21). The van der Waals surface area contributed by atoms with E-state index >= 15 is 0 Å². The number of hydrogen-bond acceptors (Lipinski definition) is 2. The van der Waals surface area contributed by atoms with Gasteiger partial charge in [0, 0.05) is 38.8 Å². The molecule has 0 saturated heterocycles. The highest BCUT2D eigenvalue weighted by Gasteiger charge is 2.24. The van der Waals surface area contributed by atoms with E-state index in [9.17, 15) is 4.39 Å². The minimum atomic E-state index is -0.325. The number of aliphatic imine (C=N–C) groups is 1. The SMILES string of the molecule is CCOCCCNC(=NC)NCC(C)(C)c1ccccc1F. The van der Waals surface area contributed by atoms with Gasteiger partial charge in [-0.3, -0.25) is 4.99 Å². The van der Waals surface area contributed by atoms with Crippen LogP contribution in [0.2, 0.25) is 0 Å². The minimum absolute atomic E-state index is 0.172. The van der Waals surface area contributed by atoms with Gasteiger partial charge < -0.3 is 15.4 Å². The van der Waals surface area contributed by atoms with Gasteiger partial charge in [-0.25, -0.2) is 4.39 Å². The van der Waals surface area contributed by atoms with Crippen LogP contribution in [-0.2, 0) is 10.2 Å². The zero-order valence-electron chi connectivity index (χ0n) is 14.1. The fourth-order valence-corrected chi connectivity index (χ4v) is 2.16. The van der Waals surface area contributed by atoms with E-state index in [1.165, 1.54) is 6.07 Å². The maximum absolute atomic E-state index is 13.9. The van der Waals surface area contributed by atoms with E-state index in [2.05, 4.69) is 15.6 Å². The molecular formula is C17H28FN3O. The summed E-state index contributed by atoms with van der Waals surface area (Å²) in [5, 5.41) is 6.49. The molecule has 22 heavy (non-hydrogen) atoms. The first-order valence-electron chi connectivity index (χ1n) is 7.78. The summed E-state index contributed by atoms with van der Waals surface area (Å²) in [6.45, 7) is 8.88. The van der Waals surface area contributed by atoms with Crippen molar-refractivity contribution in [1.82, 2.24) is 10.6 Å². The van der Waals surface area contributed by atoms with E-state index < -0.39 is 0 Å². The Bertz CT molecular complexity index is 475. The number of hydrogen-bond donors (Lipinski definition) is 2. The number of nitrogens with zero attached hydrogens (tertiary/aromatic N) is 1. The quantitative estimate of drug-likeness (QED) is 0.441. The van der Waals surface area contributed by atoms with E-state index in [1.807, 2.05) is 32.9 Å². The monoisotopic (exact) mass is 309 g/mol. The third-order valence-corrected chi connectivity index (χ3v) is 3.49. The highest BCUT2D eigenvalue weighted by Crippen LogP contribution is 2.24. The molecule has 0 saturated carbocycles. The lowest BCUT2D eigenvalue weighted by molar-refractivity contribution is 0.145. The average molecular weight is 309 g/mol. The molecule has 0 heterocycles. The molecule has 1 rings (SSSR count). The van der Waals surface area contributed by atoms with Crippen LogP contribution in [0.5, 0.6) is 0 Å². The Hall–Kier alpha value is -1.62. The third kappa shape index (κ3) is 6.02. The second kappa shape index (κ2) is 9.41. The highest BCUT2D eigenvalue weighted by molar-refractivity contribution is 5.79. The van der Waals surface area contributed by atoms with Gasteiger partial charge in [-0.1, -0.05) is 32.0 Å². The van der Waals surface area contributed by atoms with Gasteiger partial charge in [0.15, 0.2) is 5.96 Å². The van der Waals surface area contributed by atoms with Gasteiger partial charge in [0.1, 0.15) is 5.82 Å². The van der Waals surface area contributed by atoms with Gasteiger partial charge in [0.2, 0.25) is 0 Å². The van der Waals surface area contributed by atoms with Gasteiger partial charge in [0.25, 0.3) is 0 Å². The average Bonchev–Trinajstić information content (AvgIpc) is 2.50. The summed E-state index contributed by atoms with van der Waals surface area (Å²) in [7, 11) is 1.73. The van der Waals surface area contributed by atoms with Crippen LogP contribution in [0.25, 0.3) is 0 Å². The highest BCUT2D eigenvalue weighted by atomic mass is 19.1. The molecule has 0 aliphatic rings. The molecule has 0 spiro atoms. The summed E-state index contributed by atoms with van der Waals surface area (Å²) in [6.07, 6.45) is 0.922.